The Morgan fingerprint density at radius 3 is 2.32 bits per heavy atom. The number of imidazole rings is 1. The van der Waals surface area contributed by atoms with Gasteiger partial charge in [-0.05, 0) is 96.3 Å². The number of rotatable bonds is 20. The lowest BCUT2D eigenvalue weighted by Gasteiger charge is -2.16. The normalized spacial score (nSPS) is 11.2. The minimum absolute atomic E-state index is 0.140. The monoisotopic (exact) mass is 949 g/mol. The Kier molecular flexibility index (Phi) is 15.1. The van der Waals surface area contributed by atoms with Crippen molar-refractivity contribution in [2.24, 2.45) is 7.05 Å². The van der Waals surface area contributed by atoms with Crippen LogP contribution in [0.5, 0.6) is 17.5 Å². The van der Waals surface area contributed by atoms with E-state index in [0.29, 0.717) is 34.1 Å². The number of benzene rings is 4. The minimum atomic E-state index is -0.372. The van der Waals surface area contributed by atoms with Crippen LogP contribution in [-0.4, -0.2) is 93.4 Å². The standard InChI is InChI=1S/C52H52ClN9O7/c1-4-38-41(30-59-49(54)48(38)32-6-10-36(63)11-7-32)35-8-13-43(58-29-35)51(66)56-18-17-55-47(64)16-21-67-23-24-68-22-19-57-50(65)39-26-37(12-5-31(39)2)69-52-60-44-27-40(42(53)28-45(44)61-52)33-9-14-46-34(25-33)15-20-62(46)3/h5-15,20,25-30,63H,4,16-19,21-24H2,1-3H3,(H2,54,59)(H,55,64)(H,56,66)(H,57,65)(H,60,61). The fourth-order valence-corrected chi connectivity index (χ4v) is 8.21. The van der Waals surface area contributed by atoms with Gasteiger partial charge in [0.1, 0.15) is 23.0 Å². The number of nitrogens with zero attached hydrogens (tertiary/aromatic N) is 4. The SMILES string of the molecule is CCc1c(-c2ccc(C(=O)NCCNC(=O)CCOCCOCCNC(=O)c3cc(Oc4nc5cc(-c6ccc7c(ccn7C)c6)c(Cl)cc5[nH]4)ccc3C)nc2)cnc(N)c1-c1ccc(O)cc1. The maximum Gasteiger partial charge on any atom is 0.300 e. The second-order valence-corrected chi connectivity index (χ2v) is 16.7. The summed E-state index contributed by atoms with van der Waals surface area (Å²) in [6.07, 6.45) is 6.16. The molecule has 0 aliphatic heterocycles. The molecule has 16 nitrogen and oxygen atoms in total. The minimum Gasteiger partial charge on any atom is -0.508 e. The molecule has 0 aliphatic carbocycles. The van der Waals surface area contributed by atoms with Crippen molar-refractivity contribution in [3.63, 3.8) is 0 Å². The molecule has 4 heterocycles. The topological polar surface area (TPSA) is 221 Å². The molecule has 0 spiro atoms. The molecule has 0 saturated carbocycles. The van der Waals surface area contributed by atoms with E-state index in [-0.39, 0.29) is 87.7 Å². The van der Waals surface area contributed by atoms with Crippen LogP contribution in [0.25, 0.3) is 55.3 Å². The largest absolute Gasteiger partial charge is 0.508 e. The molecule has 4 aromatic heterocycles. The molecule has 0 aliphatic rings. The first kappa shape index (κ1) is 47.7. The molecule has 0 bridgehead atoms. The number of amides is 3. The number of carbonyl (C=O) groups is 3. The number of anilines is 1. The first-order valence-corrected chi connectivity index (χ1v) is 22.9. The summed E-state index contributed by atoms with van der Waals surface area (Å²) in [4.78, 5) is 54.8. The van der Waals surface area contributed by atoms with Crippen molar-refractivity contribution < 1.29 is 33.7 Å². The molecule has 0 atom stereocenters. The van der Waals surface area contributed by atoms with Crippen molar-refractivity contribution >= 4 is 57.1 Å². The fraction of sp³-hybridized carbons (Fsp3) is 0.231. The van der Waals surface area contributed by atoms with Crippen LogP contribution in [0.2, 0.25) is 5.02 Å². The highest BCUT2D eigenvalue weighted by Gasteiger charge is 2.18. The number of phenolic OH excluding ortho intramolecular Hbond substituents is 1. The first-order valence-electron chi connectivity index (χ1n) is 22.5. The van der Waals surface area contributed by atoms with Crippen LogP contribution in [-0.2, 0) is 27.7 Å². The Balaban J connectivity index is 0.699. The first-order chi connectivity index (χ1) is 33.4. The fourth-order valence-electron chi connectivity index (χ4n) is 7.94. The van der Waals surface area contributed by atoms with Gasteiger partial charge >= 0.3 is 0 Å². The second kappa shape index (κ2) is 21.9. The van der Waals surface area contributed by atoms with Gasteiger partial charge in [-0.1, -0.05) is 48.9 Å². The van der Waals surface area contributed by atoms with Crippen molar-refractivity contribution in [3.05, 3.63) is 137 Å². The van der Waals surface area contributed by atoms with E-state index in [4.69, 9.17) is 31.5 Å². The molecule has 3 amide bonds. The van der Waals surface area contributed by atoms with Gasteiger partial charge in [0, 0.05) is 90.4 Å². The van der Waals surface area contributed by atoms with E-state index in [9.17, 15) is 19.5 Å². The van der Waals surface area contributed by atoms with E-state index in [0.717, 1.165) is 60.9 Å². The van der Waals surface area contributed by atoms with Crippen molar-refractivity contribution in [2.45, 2.75) is 26.7 Å². The molecule has 7 N–H and O–H groups in total. The number of halogens is 1. The van der Waals surface area contributed by atoms with Crippen molar-refractivity contribution in [2.75, 3.05) is 51.8 Å². The third-order valence-electron chi connectivity index (χ3n) is 11.6. The molecule has 69 heavy (non-hydrogen) atoms. The Morgan fingerprint density at radius 2 is 1.54 bits per heavy atom. The van der Waals surface area contributed by atoms with Gasteiger partial charge in [0.15, 0.2) is 0 Å². The van der Waals surface area contributed by atoms with E-state index in [1.54, 1.807) is 54.9 Å². The molecular weight excluding hydrogens is 898 g/mol. The molecule has 0 unspecified atom stereocenters. The van der Waals surface area contributed by atoms with E-state index >= 15 is 0 Å². The number of H-pyrrole nitrogens is 1. The molecule has 8 rings (SSSR count). The van der Waals surface area contributed by atoms with Gasteiger partial charge in [0.05, 0.1) is 42.5 Å². The van der Waals surface area contributed by atoms with E-state index in [1.165, 1.54) is 0 Å². The molecule has 17 heteroatoms. The molecule has 4 aromatic carbocycles. The van der Waals surface area contributed by atoms with Crippen LogP contribution in [0, 0.1) is 6.92 Å². The van der Waals surface area contributed by atoms with E-state index in [1.807, 2.05) is 57.4 Å². The summed E-state index contributed by atoms with van der Waals surface area (Å²) in [5.41, 5.74) is 16.4. The average molecular weight is 950 g/mol. The zero-order chi connectivity index (χ0) is 48.4. The van der Waals surface area contributed by atoms with Crippen LogP contribution in [0.4, 0.5) is 5.82 Å². The van der Waals surface area contributed by atoms with Gasteiger partial charge < -0.3 is 50.6 Å². The van der Waals surface area contributed by atoms with Gasteiger partial charge in [0.25, 0.3) is 17.8 Å². The number of aromatic amines is 1. The number of phenols is 1. The van der Waals surface area contributed by atoms with E-state index in [2.05, 4.69) is 58.7 Å². The lowest BCUT2D eigenvalue weighted by atomic mass is 9.92. The predicted molar refractivity (Wildman–Crippen MR) is 267 cm³/mol. The Bertz CT molecular complexity index is 3130. The summed E-state index contributed by atoms with van der Waals surface area (Å²) < 4.78 is 19.3. The molecule has 0 saturated heterocycles. The number of aryl methyl sites for hydroxylation is 2. The van der Waals surface area contributed by atoms with E-state index < -0.39 is 0 Å². The number of hydrogen-bond donors (Lipinski definition) is 6. The maximum atomic E-state index is 13.1. The van der Waals surface area contributed by atoms with Gasteiger partial charge in [-0.2, -0.15) is 4.98 Å². The zero-order valence-electron chi connectivity index (χ0n) is 38.4. The van der Waals surface area contributed by atoms with Crippen LogP contribution >= 0.6 is 11.6 Å². The lowest BCUT2D eigenvalue weighted by Crippen LogP contribution is -2.35. The number of hydrogen-bond acceptors (Lipinski definition) is 11. The van der Waals surface area contributed by atoms with Gasteiger partial charge in [-0.3, -0.25) is 19.4 Å². The van der Waals surface area contributed by atoms with Crippen LogP contribution in [0.3, 0.4) is 0 Å². The lowest BCUT2D eigenvalue weighted by molar-refractivity contribution is -0.122. The number of carbonyl (C=O) groups excluding carboxylic acids is 3. The van der Waals surface area contributed by atoms with Crippen LogP contribution < -0.4 is 26.4 Å². The smallest absolute Gasteiger partial charge is 0.300 e. The molecule has 354 valence electrons. The van der Waals surface area contributed by atoms with Crippen LogP contribution in [0.15, 0.2) is 110 Å². The maximum absolute atomic E-state index is 13.1. The number of aromatic hydroxyl groups is 1. The third kappa shape index (κ3) is 11.5. The number of fused-ring (bicyclic) bond motifs is 2. The van der Waals surface area contributed by atoms with Gasteiger partial charge in [-0.25, -0.2) is 4.98 Å². The highest BCUT2D eigenvalue weighted by atomic mass is 35.5. The van der Waals surface area contributed by atoms with Gasteiger partial charge in [-0.15, -0.1) is 0 Å². The van der Waals surface area contributed by atoms with Crippen LogP contribution in [0.1, 0.15) is 45.3 Å². The number of aromatic nitrogens is 5. The zero-order valence-corrected chi connectivity index (χ0v) is 39.2. The average Bonchev–Trinajstić information content (AvgIpc) is 3.93. The van der Waals surface area contributed by atoms with Gasteiger partial charge in [0.2, 0.25) is 5.91 Å². The number of pyridine rings is 2. The third-order valence-corrected chi connectivity index (χ3v) is 11.9. The Labute approximate surface area is 403 Å². The quantitative estimate of drug-likeness (QED) is 0.0400. The summed E-state index contributed by atoms with van der Waals surface area (Å²) in [6, 6.07) is 27.8. The second-order valence-electron chi connectivity index (χ2n) is 16.2. The highest BCUT2D eigenvalue weighted by Crippen LogP contribution is 2.37. The predicted octanol–water partition coefficient (Wildman–Crippen LogP) is 8.15. The Morgan fingerprint density at radius 1 is 0.783 bits per heavy atom. The summed E-state index contributed by atoms with van der Waals surface area (Å²) in [6.45, 7) is 5.61. The molecule has 0 radical (unpaired) electrons. The number of nitrogens with two attached hydrogens (primary N) is 1. The number of nitrogens with one attached hydrogen (secondary N) is 4. The summed E-state index contributed by atoms with van der Waals surface area (Å²) in [5.74, 6) is 0.123. The molecule has 8 aromatic rings. The summed E-state index contributed by atoms with van der Waals surface area (Å²) in [7, 11) is 2.01. The molecular formula is C52H52ClN9O7. The van der Waals surface area contributed by atoms with Crippen molar-refractivity contribution in [3.8, 4) is 50.9 Å². The van der Waals surface area contributed by atoms with Crippen molar-refractivity contribution in [1.29, 1.82) is 0 Å². The summed E-state index contributed by atoms with van der Waals surface area (Å²) >= 11 is 6.72. The number of ether oxygens (including phenoxy) is 3. The highest BCUT2D eigenvalue weighted by molar-refractivity contribution is 6.34. The van der Waals surface area contributed by atoms with Crippen molar-refractivity contribution in [1.82, 2.24) is 40.5 Å². The Hall–Kier alpha value is -7.79. The number of nitrogen functional groups attached to an aromatic ring is 1. The molecule has 0 fully saturated rings. The summed E-state index contributed by atoms with van der Waals surface area (Å²) in [5, 5.41) is 19.9.